The van der Waals surface area contributed by atoms with Crippen molar-refractivity contribution >= 4 is 0 Å². The maximum atomic E-state index is 14.1. The Morgan fingerprint density at radius 3 is 1.95 bits per heavy atom. The van der Waals surface area contributed by atoms with Crippen LogP contribution in [0.2, 0.25) is 0 Å². The first-order valence-corrected chi connectivity index (χ1v) is 6.29. The molecule has 0 bridgehead atoms. The Morgan fingerprint density at radius 2 is 1.40 bits per heavy atom. The third-order valence-corrected chi connectivity index (χ3v) is 3.45. The number of benzene rings is 2. The number of rotatable bonds is 2. The van der Waals surface area contributed by atoms with Crippen LogP contribution < -0.4 is 5.73 Å². The molecule has 2 rings (SSSR count). The lowest BCUT2D eigenvalue weighted by Gasteiger charge is -2.17. The Morgan fingerprint density at radius 1 is 0.850 bits per heavy atom. The summed E-state index contributed by atoms with van der Waals surface area (Å²) in [6.45, 7) is 4.75. The van der Waals surface area contributed by atoms with Crippen LogP contribution in [0.25, 0.3) is 0 Å². The summed E-state index contributed by atoms with van der Waals surface area (Å²) in [6.07, 6.45) is 0. The molecule has 0 aliphatic carbocycles. The second kappa shape index (κ2) is 5.29. The molecule has 20 heavy (non-hydrogen) atoms. The van der Waals surface area contributed by atoms with E-state index in [9.17, 15) is 13.2 Å². The second-order valence-corrected chi connectivity index (χ2v) is 5.04. The Bertz CT molecular complexity index is 642. The maximum absolute atomic E-state index is 14.1. The molecule has 1 unspecified atom stereocenters. The monoisotopic (exact) mass is 279 g/mol. The average molecular weight is 279 g/mol. The molecule has 0 heterocycles. The Labute approximate surface area is 116 Å². The quantitative estimate of drug-likeness (QED) is 0.880. The molecule has 2 aromatic carbocycles. The Kier molecular flexibility index (Phi) is 3.86. The van der Waals surface area contributed by atoms with Gasteiger partial charge < -0.3 is 5.73 Å². The summed E-state index contributed by atoms with van der Waals surface area (Å²) in [7, 11) is 0. The van der Waals surface area contributed by atoms with Crippen molar-refractivity contribution in [1.82, 2.24) is 0 Å². The summed E-state index contributed by atoms with van der Waals surface area (Å²) in [5, 5.41) is 0. The van der Waals surface area contributed by atoms with Gasteiger partial charge in [-0.05, 0) is 49.1 Å². The SMILES string of the molecule is Cc1cc(C(N)c2c(F)ccc(C)c2F)cc(C)c1F. The van der Waals surface area contributed by atoms with Crippen molar-refractivity contribution in [2.45, 2.75) is 26.8 Å². The van der Waals surface area contributed by atoms with Gasteiger partial charge in [0.2, 0.25) is 0 Å². The maximum Gasteiger partial charge on any atom is 0.134 e. The van der Waals surface area contributed by atoms with Crippen molar-refractivity contribution in [3.63, 3.8) is 0 Å². The highest BCUT2D eigenvalue weighted by molar-refractivity contribution is 5.39. The van der Waals surface area contributed by atoms with Crippen LogP contribution in [0.5, 0.6) is 0 Å². The van der Waals surface area contributed by atoms with Gasteiger partial charge in [-0.1, -0.05) is 18.2 Å². The largest absolute Gasteiger partial charge is 0.320 e. The molecule has 0 spiro atoms. The molecule has 0 aliphatic heterocycles. The first-order chi connectivity index (χ1) is 9.32. The van der Waals surface area contributed by atoms with Crippen molar-refractivity contribution in [2.75, 3.05) is 0 Å². The fourth-order valence-electron chi connectivity index (χ4n) is 2.29. The lowest BCUT2D eigenvalue weighted by atomic mass is 9.94. The predicted octanol–water partition coefficient (Wildman–Crippen LogP) is 4.08. The smallest absolute Gasteiger partial charge is 0.134 e. The van der Waals surface area contributed by atoms with Crippen LogP contribution in [0.3, 0.4) is 0 Å². The fourth-order valence-corrected chi connectivity index (χ4v) is 2.29. The molecule has 2 aromatic rings. The third-order valence-electron chi connectivity index (χ3n) is 3.45. The van der Waals surface area contributed by atoms with Gasteiger partial charge in [-0.3, -0.25) is 0 Å². The van der Waals surface area contributed by atoms with Gasteiger partial charge >= 0.3 is 0 Å². The normalized spacial score (nSPS) is 12.6. The minimum absolute atomic E-state index is 0.185. The summed E-state index contributed by atoms with van der Waals surface area (Å²) in [5.74, 6) is -1.68. The van der Waals surface area contributed by atoms with Gasteiger partial charge in [-0.15, -0.1) is 0 Å². The zero-order valence-electron chi connectivity index (χ0n) is 11.6. The lowest BCUT2D eigenvalue weighted by Crippen LogP contribution is -2.17. The third kappa shape index (κ3) is 2.43. The van der Waals surface area contributed by atoms with Gasteiger partial charge in [-0.2, -0.15) is 0 Å². The highest BCUT2D eigenvalue weighted by atomic mass is 19.1. The molecule has 0 saturated carbocycles. The molecule has 0 amide bonds. The van der Waals surface area contributed by atoms with Crippen molar-refractivity contribution in [2.24, 2.45) is 5.73 Å². The van der Waals surface area contributed by atoms with E-state index in [1.807, 2.05) is 0 Å². The minimum atomic E-state index is -0.965. The number of hydrogen-bond acceptors (Lipinski definition) is 1. The van der Waals surface area contributed by atoms with E-state index < -0.39 is 17.7 Å². The molecule has 1 nitrogen and oxygen atoms in total. The van der Waals surface area contributed by atoms with Crippen molar-refractivity contribution in [3.8, 4) is 0 Å². The highest BCUT2D eigenvalue weighted by Gasteiger charge is 2.21. The molecule has 106 valence electrons. The van der Waals surface area contributed by atoms with Crippen LogP contribution in [0.4, 0.5) is 13.2 Å². The van der Waals surface area contributed by atoms with E-state index in [-0.39, 0.29) is 11.4 Å². The van der Waals surface area contributed by atoms with Crippen LogP contribution in [-0.2, 0) is 0 Å². The molecular weight excluding hydrogens is 263 g/mol. The minimum Gasteiger partial charge on any atom is -0.320 e. The molecule has 0 saturated heterocycles. The van der Waals surface area contributed by atoms with Gasteiger partial charge in [0.1, 0.15) is 17.5 Å². The Balaban J connectivity index is 2.57. The Hall–Kier alpha value is -1.81. The topological polar surface area (TPSA) is 26.0 Å². The summed E-state index contributed by atoms with van der Waals surface area (Å²) in [4.78, 5) is 0. The zero-order chi connectivity index (χ0) is 15.0. The fraction of sp³-hybridized carbons (Fsp3) is 0.250. The molecule has 0 aromatic heterocycles. The van der Waals surface area contributed by atoms with Crippen LogP contribution in [0.15, 0.2) is 24.3 Å². The van der Waals surface area contributed by atoms with E-state index in [4.69, 9.17) is 5.73 Å². The summed E-state index contributed by atoms with van der Waals surface area (Å²) in [6, 6.07) is 4.63. The van der Waals surface area contributed by atoms with Crippen molar-refractivity contribution < 1.29 is 13.2 Å². The zero-order valence-corrected chi connectivity index (χ0v) is 11.6. The summed E-state index contributed by atoms with van der Waals surface area (Å²) < 4.78 is 41.5. The molecule has 4 heteroatoms. The van der Waals surface area contributed by atoms with E-state index >= 15 is 0 Å². The van der Waals surface area contributed by atoms with Gasteiger partial charge in [-0.25, -0.2) is 13.2 Å². The molecule has 2 N–H and O–H groups in total. The first kappa shape index (κ1) is 14.6. The average Bonchev–Trinajstić information content (AvgIpc) is 2.40. The molecule has 0 aliphatic rings. The van der Waals surface area contributed by atoms with E-state index in [0.29, 0.717) is 22.3 Å². The van der Waals surface area contributed by atoms with E-state index in [1.165, 1.54) is 24.3 Å². The van der Waals surface area contributed by atoms with Gasteiger partial charge in [0.15, 0.2) is 0 Å². The van der Waals surface area contributed by atoms with Crippen molar-refractivity contribution in [3.05, 3.63) is 69.5 Å². The van der Waals surface area contributed by atoms with Gasteiger partial charge in [0.25, 0.3) is 0 Å². The molecule has 0 radical (unpaired) electrons. The van der Waals surface area contributed by atoms with E-state index in [0.717, 1.165) is 0 Å². The van der Waals surface area contributed by atoms with E-state index in [2.05, 4.69) is 0 Å². The molecule has 0 fully saturated rings. The standard InChI is InChI=1S/C16H16F3N/c1-8-4-5-12(17)13(15(8)19)16(20)11-6-9(2)14(18)10(3)7-11/h4-7,16H,20H2,1-3H3. The van der Waals surface area contributed by atoms with Crippen LogP contribution in [-0.4, -0.2) is 0 Å². The van der Waals surface area contributed by atoms with E-state index in [1.54, 1.807) is 20.8 Å². The summed E-state index contributed by atoms with van der Waals surface area (Å²) >= 11 is 0. The molecular formula is C16H16F3N. The second-order valence-electron chi connectivity index (χ2n) is 5.04. The highest BCUT2D eigenvalue weighted by Crippen LogP contribution is 2.28. The van der Waals surface area contributed by atoms with Crippen LogP contribution in [0, 0.1) is 38.2 Å². The number of halogens is 3. The van der Waals surface area contributed by atoms with Crippen LogP contribution in [0.1, 0.15) is 33.9 Å². The van der Waals surface area contributed by atoms with Gasteiger partial charge in [0.05, 0.1) is 6.04 Å². The first-order valence-electron chi connectivity index (χ1n) is 6.29. The van der Waals surface area contributed by atoms with Crippen molar-refractivity contribution in [1.29, 1.82) is 0 Å². The lowest BCUT2D eigenvalue weighted by molar-refractivity contribution is 0.537. The number of nitrogens with two attached hydrogens (primary N) is 1. The number of aryl methyl sites for hydroxylation is 3. The predicted molar refractivity (Wildman–Crippen MR) is 73.0 cm³/mol. The molecule has 1 atom stereocenters. The number of hydrogen-bond donors (Lipinski definition) is 1. The summed E-state index contributed by atoms with van der Waals surface area (Å²) in [5.41, 5.74) is 7.42. The van der Waals surface area contributed by atoms with Gasteiger partial charge in [0, 0.05) is 5.56 Å². The van der Waals surface area contributed by atoms with Crippen LogP contribution >= 0.6 is 0 Å².